The van der Waals surface area contributed by atoms with Crippen LogP contribution in [0, 0.1) is 24.2 Å². The van der Waals surface area contributed by atoms with E-state index < -0.39 is 0 Å². The van der Waals surface area contributed by atoms with Crippen LogP contribution in [0.15, 0.2) is 64.6 Å². The third-order valence-corrected chi connectivity index (χ3v) is 13.0. The van der Waals surface area contributed by atoms with Crippen molar-refractivity contribution in [3.63, 3.8) is 0 Å². The van der Waals surface area contributed by atoms with Crippen LogP contribution in [0.5, 0.6) is 5.75 Å². The maximum atomic E-state index is 5.47. The van der Waals surface area contributed by atoms with E-state index in [0.717, 1.165) is 30.4 Å². The second-order valence-corrected chi connectivity index (χ2v) is 18.0. The molecule has 1 aliphatic heterocycles. The molecule has 4 atom stereocenters. The van der Waals surface area contributed by atoms with Crippen molar-refractivity contribution in [2.75, 3.05) is 12.0 Å². The van der Waals surface area contributed by atoms with Crippen LogP contribution in [0.25, 0.3) is 6.08 Å². The molecule has 0 spiro atoms. The highest BCUT2D eigenvalue weighted by Crippen LogP contribution is 2.58. The van der Waals surface area contributed by atoms with Gasteiger partial charge in [0.25, 0.3) is 0 Å². The Balaban J connectivity index is 1.38. The molecule has 2 aromatic carbocycles. The molecule has 2 bridgehead atoms. The molecule has 3 aliphatic carbocycles. The van der Waals surface area contributed by atoms with Gasteiger partial charge in [-0.2, -0.15) is 0 Å². The summed E-state index contributed by atoms with van der Waals surface area (Å²) in [5.41, 5.74) is 10.2. The first-order valence-corrected chi connectivity index (χ1v) is 18.5. The summed E-state index contributed by atoms with van der Waals surface area (Å²) < 4.78 is 5.90. The molecule has 2 nitrogen and oxygen atoms in total. The van der Waals surface area contributed by atoms with Gasteiger partial charge in [-0.25, -0.2) is 0 Å². The van der Waals surface area contributed by atoms with Crippen molar-refractivity contribution in [1.29, 1.82) is 0 Å². The van der Waals surface area contributed by atoms with Gasteiger partial charge in [-0.05, 0) is 160 Å². The van der Waals surface area contributed by atoms with Gasteiger partial charge in [0.2, 0.25) is 0 Å². The minimum absolute atomic E-state index is 0.0203. The second-order valence-electron chi connectivity index (χ2n) is 16.5. The molecular formula is C42H57NOS. The lowest BCUT2D eigenvalue weighted by molar-refractivity contribution is 0.171. The van der Waals surface area contributed by atoms with Crippen LogP contribution in [0.3, 0.4) is 0 Å². The van der Waals surface area contributed by atoms with Crippen LogP contribution in [0.2, 0.25) is 0 Å². The Morgan fingerprint density at radius 3 is 2.42 bits per heavy atom. The van der Waals surface area contributed by atoms with E-state index in [9.17, 15) is 0 Å². The topological polar surface area (TPSA) is 12.5 Å². The number of nitrogens with zero attached hydrogens (tertiary/aromatic N) is 1. The molecule has 4 unspecified atom stereocenters. The predicted molar refractivity (Wildman–Crippen MR) is 197 cm³/mol. The predicted octanol–water partition coefficient (Wildman–Crippen LogP) is 12.6. The number of hydrogen-bond donors (Lipinski definition) is 0. The van der Waals surface area contributed by atoms with Crippen molar-refractivity contribution in [2.24, 2.45) is 17.3 Å². The highest BCUT2D eigenvalue weighted by atomic mass is 32.2. The normalized spacial score (nSPS) is 30.1. The summed E-state index contributed by atoms with van der Waals surface area (Å²) in [5, 5.41) is 0. The van der Waals surface area contributed by atoms with E-state index in [-0.39, 0.29) is 11.0 Å². The van der Waals surface area contributed by atoms with Gasteiger partial charge in [-0.3, -0.25) is 0 Å². The van der Waals surface area contributed by atoms with E-state index in [1.807, 2.05) is 0 Å². The van der Waals surface area contributed by atoms with E-state index in [2.05, 4.69) is 127 Å². The van der Waals surface area contributed by atoms with Crippen LogP contribution in [-0.2, 0) is 0 Å². The molecule has 0 saturated heterocycles. The Bertz CT molecular complexity index is 1500. The van der Waals surface area contributed by atoms with Crippen LogP contribution in [-0.4, -0.2) is 17.4 Å². The number of allylic oxidation sites excluding steroid dienone is 4. The SMILES string of the molecule is C/C=C1\CC(C)(C)CC(/C=C/c2cc3c(cc2C)N(c2ccc(OC)cc2)C(C)(C)CC3C)=C1SC12CCCC(CC(C)C1)C2. The zero-order valence-corrected chi connectivity index (χ0v) is 30.4. The van der Waals surface area contributed by atoms with Gasteiger partial charge < -0.3 is 9.64 Å². The van der Waals surface area contributed by atoms with Crippen LogP contribution in [0.1, 0.15) is 129 Å². The monoisotopic (exact) mass is 623 g/mol. The Morgan fingerprint density at radius 1 is 0.956 bits per heavy atom. The van der Waals surface area contributed by atoms with Crippen LogP contribution >= 0.6 is 11.8 Å². The number of benzene rings is 2. The van der Waals surface area contributed by atoms with Gasteiger partial charge in [0, 0.05) is 26.6 Å². The number of fused-ring (bicyclic) bond motifs is 3. The molecule has 0 radical (unpaired) electrons. The molecule has 0 N–H and O–H groups in total. The van der Waals surface area contributed by atoms with E-state index >= 15 is 0 Å². The molecule has 1 heterocycles. The Labute approximate surface area is 278 Å². The molecule has 2 saturated carbocycles. The number of hydrogen-bond acceptors (Lipinski definition) is 3. The van der Waals surface area contributed by atoms with E-state index in [4.69, 9.17) is 4.74 Å². The first kappa shape index (κ1) is 32.5. The van der Waals surface area contributed by atoms with Crippen molar-refractivity contribution >= 4 is 29.2 Å². The molecule has 6 rings (SSSR count). The van der Waals surface area contributed by atoms with E-state index in [1.54, 1.807) is 23.2 Å². The number of methoxy groups -OCH3 is 1. The van der Waals surface area contributed by atoms with Crippen molar-refractivity contribution in [1.82, 2.24) is 0 Å². The first-order chi connectivity index (χ1) is 21.3. The molecule has 2 fully saturated rings. The van der Waals surface area contributed by atoms with Crippen molar-refractivity contribution in [2.45, 2.75) is 129 Å². The third kappa shape index (κ3) is 6.58. The average molecular weight is 624 g/mol. The molecule has 0 amide bonds. The summed E-state index contributed by atoms with van der Waals surface area (Å²) in [4.78, 5) is 4.17. The molecule has 242 valence electrons. The summed E-state index contributed by atoms with van der Waals surface area (Å²) in [5.74, 6) is 3.19. The zero-order valence-electron chi connectivity index (χ0n) is 29.6. The van der Waals surface area contributed by atoms with Crippen molar-refractivity contribution in [3.05, 3.63) is 81.3 Å². The quantitative estimate of drug-likeness (QED) is 0.318. The Hall–Kier alpha value is -2.39. The molecule has 3 heteroatoms. The minimum Gasteiger partial charge on any atom is -0.497 e. The van der Waals surface area contributed by atoms with Crippen LogP contribution in [0.4, 0.5) is 11.4 Å². The number of anilines is 2. The van der Waals surface area contributed by atoms with Crippen molar-refractivity contribution in [3.8, 4) is 5.75 Å². The summed E-state index contributed by atoms with van der Waals surface area (Å²) in [6, 6.07) is 13.5. The number of thioether (sulfide) groups is 1. The third-order valence-electron chi connectivity index (χ3n) is 11.3. The number of aryl methyl sites for hydroxylation is 1. The fourth-order valence-corrected chi connectivity index (χ4v) is 11.6. The molecule has 45 heavy (non-hydrogen) atoms. The van der Waals surface area contributed by atoms with Crippen molar-refractivity contribution < 1.29 is 4.74 Å². The maximum absolute atomic E-state index is 5.47. The standard InChI is InChI=1S/C42H57NOS/c1-10-32-26-40(5,6)27-34(39(32)45-42-19-11-12-31(25-42)20-28(2)23-42)14-13-33-22-37-30(4)24-41(7,8)43(38(37)21-29(33)3)35-15-17-36(44-9)18-16-35/h10,13-18,21-22,28,30-31H,11-12,19-20,23-27H2,1-9H3/b14-13+,32-10+. The number of ether oxygens (including phenoxy) is 1. The summed E-state index contributed by atoms with van der Waals surface area (Å²) >= 11 is 2.30. The minimum atomic E-state index is 0.0203. The lowest BCUT2D eigenvalue weighted by atomic mass is 9.68. The first-order valence-electron chi connectivity index (χ1n) is 17.7. The summed E-state index contributed by atoms with van der Waals surface area (Å²) in [6.07, 6.45) is 19.4. The maximum Gasteiger partial charge on any atom is 0.119 e. The Kier molecular flexibility index (Phi) is 8.92. The lowest BCUT2D eigenvalue weighted by Gasteiger charge is -2.49. The van der Waals surface area contributed by atoms with Crippen LogP contribution < -0.4 is 9.64 Å². The highest BCUT2D eigenvalue weighted by Gasteiger charge is 2.44. The van der Waals surface area contributed by atoms with Gasteiger partial charge >= 0.3 is 0 Å². The summed E-state index contributed by atoms with van der Waals surface area (Å²) in [6.45, 7) is 19.2. The fraction of sp³-hybridized carbons (Fsp3) is 0.571. The number of rotatable bonds is 6. The van der Waals surface area contributed by atoms with Gasteiger partial charge in [0.15, 0.2) is 0 Å². The van der Waals surface area contributed by atoms with Gasteiger partial charge in [0.1, 0.15) is 5.75 Å². The molecule has 0 aromatic heterocycles. The zero-order chi connectivity index (χ0) is 32.1. The van der Waals surface area contributed by atoms with E-state index in [0.29, 0.717) is 10.7 Å². The molecule has 4 aliphatic rings. The van der Waals surface area contributed by atoms with Gasteiger partial charge in [-0.15, -0.1) is 11.8 Å². The lowest BCUT2D eigenvalue weighted by Crippen LogP contribution is -2.45. The molecular weight excluding hydrogens is 567 g/mol. The highest BCUT2D eigenvalue weighted by molar-refractivity contribution is 8.04. The largest absolute Gasteiger partial charge is 0.497 e. The van der Waals surface area contributed by atoms with E-state index in [1.165, 1.54) is 73.0 Å². The van der Waals surface area contributed by atoms with Gasteiger partial charge in [-0.1, -0.05) is 58.8 Å². The Morgan fingerprint density at radius 2 is 1.71 bits per heavy atom. The smallest absolute Gasteiger partial charge is 0.119 e. The average Bonchev–Trinajstić information content (AvgIpc) is 2.96. The molecule has 2 aromatic rings. The second kappa shape index (κ2) is 12.3. The summed E-state index contributed by atoms with van der Waals surface area (Å²) in [7, 11) is 1.74. The van der Waals surface area contributed by atoms with Gasteiger partial charge in [0.05, 0.1) is 7.11 Å². The fourth-order valence-electron chi connectivity index (χ4n) is 9.61.